The third kappa shape index (κ3) is 5.33. The number of nitrogens with zero attached hydrogens (tertiary/aromatic N) is 4. The molecule has 8 heteroatoms. The minimum absolute atomic E-state index is 0. The first-order valence-electron chi connectivity index (χ1n) is 9.20. The van der Waals surface area contributed by atoms with Gasteiger partial charge in [-0.15, -0.1) is 24.0 Å². The van der Waals surface area contributed by atoms with E-state index in [0.717, 1.165) is 37.6 Å². The normalized spacial score (nSPS) is 17.6. The molecule has 1 N–H and O–H groups in total. The lowest BCUT2D eigenvalue weighted by Crippen LogP contribution is -2.45. The Kier molecular flexibility index (Phi) is 8.05. The molecule has 1 unspecified atom stereocenters. The van der Waals surface area contributed by atoms with Gasteiger partial charge in [0.15, 0.2) is 5.96 Å². The van der Waals surface area contributed by atoms with Gasteiger partial charge in [0.2, 0.25) is 0 Å². The summed E-state index contributed by atoms with van der Waals surface area (Å²) in [5.74, 6) is 1.44. The molecule has 28 heavy (non-hydrogen) atoms. The molecule has 1 saturated heterocycles. The van der Waals surface area contributed by atoms with Gasteiger partial charge in [0, 0.05) is 51.3 Å². The van der Waals surface area contributed by atoms with Crippen molar-refractivity contribution < 1.29 is 0 Å². The Bertz CT molecular complexity index is 834. The second-order valence-corrected chi connectivity index (χ2v) is 8.61. The molecule has 1 aliphatic heterocycles. The van der Waals surface area contributed by atoms with Crippen LogP contribution in [0.3, 0.4) is 0 Å². The minimum Gasteiger partial charge on any atom is -0.355 e. The molecule has 1 atom stereocenters. The van der Waals surface area contributed by atoms with Crippen molar-refractivity contribution in [1.29, 1.82) is 0 Å². The maximum absolute atomic E-state index is 6.20. The number of hydrogen-bond acceptors (Lipinski definition) is 2. The van der Waals surface area contributed by atoms with Gasteiger partial charge >= 0.3 is 0 Å². The molecule has 0 saturated carbocycles. The number of likely N-dealkylation sites (tertiary alicyclic amines) is 1. The second-order valence-electron chi connectivity index (χ2n) is 7.79. The van der Waals surface area contributed by atoms with E-state index in [1.54, 1.807) is 0 Å². The topological polar surface area (TPSA) is 45.5 Å². The molecule has 0 spiro atoms. The fraction of sp³-hybridized carbons (Fsp3) is 0.500. The van der Waals surface area contributed by atoms with Crippen LogP contribution in [0.4, 0.5) is 0 Å². The van der Waals surface area contributed by atoms with Crippen LogP contribution in [-0.2, 0) is 12.5 Å². The van der Waals surface area contributed by atoms with Crippen molar-refractivity contribution in [2.24, 2.45) is 12.0 Å². The van der Waals surface area contributed by atoms with E-state index in [-0.39, 0.29) is 29.4 Å². The zero-order valence-electron chi connectivity index (χ0n) is 16.7. The third-order valence-electron chi connectivity index (χ3n) is 5.29. The first kappa shape index (κ1) is 23.3. The first-order valence-corrected chi connectivity index (χ1v) is 9.95. The maximum atomic E-state index is 6.20. The highest BCUT2D eigenvalue weighted by Gasteiger charge is 2.28. The Hall–Kier alpha value is -0.990. The monoisotopic (exact) mass is 535 g/mol. The Morgan fingerprint density at radius 3 is 2.68 bits per heavy atom. The molecule has 0 radical (unpaired) electrons. The number of aryl methyl sites for hydroxylation is 1. The predicted molar refractivity (Wildman–Crippen MR) is 128 cm³/mol. The van der Waals surface area contributed by atoms with Crippen LogP contribution in [0, 0.1) is 0 Å². The highest BCUT2D eigenvalue weighted by molar-refractivity contribution is 14.0. The van der Waals surface area contributed by atoms with Crippen molar-refractivity contribution in [2.75, 3.05) is 26.7 Å². The molecular formula is C20H28Cl2IN5. The molecule has 3 rings (SSSR count). The van der Waals surface area contributed by atoms with E-state index >= 15 is 0 Å². The second kappa shape index (κ2) is 9.67. The molecule has 0 amide bonds. The molecule has 1 aromatic heterocycles. The van der Waals surface area contributed by atoms with Crippen molar-refractivity contribution in [3.8, 4) is 0 Å². The number of guanidine groups is 1. The predicted octanol–water partition coefficient (Wildman–Crippen LogP) is 4.69. The van der Waals surface area contributed by atoms with Crippen LogP contribution in [0.25, 0.3) is 0 Å². The minimum atomic E-state index is -0.105. The van der Waals surface area contributed by atoms with Gasteiger partial charge in [0.1, 0.15) is 0 Å². The number of hydrogen-bond donors (Lipinski definition) is 1. The highest BCUT2D eigenvalue weighted by Crippen LogP contribution is 2.30. The summed E-state index contributed by atoms with van der Waals surface area (Å²) in [6.45, 7) is 7.08. The average molecular weight is 536 g/mol. The van der Waals surface area contributed by atoms with Crippen LogP contribution < -0.4 is 5.32 Å². The number of aromatic nitrogens is 2. The Morgan fingerprint density at radius 2 is 2.07 bits per heavy atom. The fourth-order valence-corrected chi connectivity index (χ4v) is 3.83. The smallest absolute Gasteiger partial charge is 0.193 e. The highest BCUT2D eigenvalue weighted by atomic mass is 127. The van der Waals surface area contributed by atoms with E-state index < -0.39 is 0 Å². The van der Waals surface area contributed by atoms with Crippen molar-refractivity contribution >= 4 is 53.1 Å². The van der Waals surface area contributed by atoms with E-state index in [9.17, 15) is 0 Å². The summed E-state index contributed by atoms with van der Waals surface area (Å²) in [5.41, 5.74) is 2.34. The van der Waals surface area contributed by atoms with Gasteiger partial charge in [0.25, 0.3) is 0 Å². The third-order valence-corrected chi connectivity index (χ3v) is 6.02. The van der Waals surface area contributed by atoms with Crippen LogP contribution >= 0.6 is 47.2 Å². The van der Waals surface area contributed by atoms with Crippen LogP contribution in [0.2, 0.25) is 10.0 Å². The average Bonchev–Trinajstić information content (AvgIpc) is 3.27. The van der Waals surface area contributed by atoms with E-state index in [4.69, 9.17) is 23.2 Å². The van der Waals surface area contributed by atoms with Crippen molar-refractivity contribution in [2.45, 2.75) is 31.6 Å². The molecule has 0 aliphatic carbocycles. The molecule has 1 fully saturated rings. The molecule has 2 aromatic rings. The van der Waals surface area contributed by atoms with E-state index in [0.29, 0.717) is 16.0 Å². The molecule has 5 nitrogen and oxygen atoms in total. The van der Waals surface area contributed by atoms with Crippen molar-refractivity contribution in [3.05, 3.63) is 51.8 Å². The lowest BCUT2D eigenvalue weighted by Gasteiger charge is -2.29. The molecule has 1 aromatic carbocycles. The molecule has 0 bridgehead atoms. The number of benzene rings is 1. The number of halogens is 3. The number of nitrogens with one attached hydrogen (secondary N) is 1. The molecule has 2 heterocycles. The summed E-state index contributed by atoms with van der Waals surface area (Å²) < 4.78 is 1.87. The summed E-state index contributed by atoms with van der Waals surface area (Å²) >= 11 is 12.3. The van der Waals surface area contributed by atoms with E-state index in [1.165, 1.54) is 5.56 Å². The summed E-state index contributed by atoms with van der Waals surface area (Å²) in [7, 11) is 3.80. The quantitative estimate of drug-likeness (QED) is 0.351. The SMILES string of the molecule is CN=C(NCC(C)(C)c1ccc(Cl)c(Cl)c1)N1CCC(c2cnn(C)c2)C1.I. The first-order chi connectivity index (χ1) is 12.8. The summed E-state index contributed by atoms with van der Waals surface area (Å²) in [5, 5.41) is 9.01. The van der Waals surface area contributed by atoms with Gasteiger partial charge < -0.3 is 10.2 Å². The van der Waals surface area contributed by atoms with Crippen LogP contribution in [0.15, 0.2) is 35.6 Å². The Balaban J connectivity index is 0.00000280. The number of aliphatic imine (C=N–C) groups is 1. The molecule has 154 valence electrons. The van der Waals surface area contributed by atoms with Crippen LogP contribution in [0.5, 0.6) is 0 Å². The standard InChI is InChI=1S/C20H27Cl2N5.HI/c1-20(2,16-5-6-17(21)18(22)9-16)13-24-19(23-3)27-8-7-14(12-27)15-10-25-26(4)11-15;/h5-6,9-11,14H,7-8,12-13H2,1-4H3,(H,23,24);1H. The fourth-order valence-electron chi connectivity index (χ4n) is 3.53. The molecular weight excluding hydrogens is 508 g/mol. The van der Waals surface area contributed by atoms with E-state index in [1.807, 2.05) is 43.2 Å². The largest absolute Gasteiger partial charge is 0.355 e. The lowest BCUT2D eigenvalue weighted by atomic mass is 9.84. The van der Waals surface area contributed by atoms with Gasteiger partial charge in [-0.2, -0.15) is 5.10 Å². The Labute approximate surface area is 194 Å². The van der Waals surface area contributed by atoms with Gasteiger partial charge in [0.05, 0.1) is 16.2 Å². The zero-order valence-corrected chi connectivity index (χ0v) is 20.6. The van der Waals surface area contributed by atoms with Crippen molar-refractivity contribution in [3.63, 3.8) is 0 Å². The number of rotatable bonds is 4. The zero-order chi connectivity index (χ0) is 19.6. The van der Waals surface area contributed by atoms with Crippen molar-refractivity contribution in [1.82, 2.24) is 20.0 Å². The lowest BCUT2D eigenvalue weighted by molar-refractivity contribution is 0.454. The Morgan fingerprint density at radius 1 is 1.32 bits per heavy atom. The van der Waals surface area contributed by atoms with E-state index in [2.05, 4.69) is 40.4 Å². The van der Waals surface area contributed by atoms with Crippen LogP contribution in [-0.4, -0.2) is 47.3 Å². The van der Waals surface area contributed by atoms with Gasteiger partial charge in [-0.1, -0.05) is 43.1 Å². The summed E-state index contributed by atoms with van der Waals surface area (Å²) in [6.07, 6.45) is 5.19. The van der Waals surface area contributed by atoms with Gasteiger partial charge in [-0.3, -0.25) is 9.67 Å². The van der Waals surface area contributed by atoms with Gasteiger partial charge in [-0.25, -0.2) is 0 Å². The maximum Gasteiger partial charge on any atom is 0.193 e. The summed E-state index contributed by atoms with van der Waals surface area (Å²) in [4.78, 5) is 6.82. The summed E-state index contributed by atoms with van der Waals surface area (Å²) in [6, 6.07) is 5.84. The van der Waals surface area contributed by atoms with Crippen LogP contribution in [0.1, 0.15) is 37.3 Å². The van der Waals surface area contributed by atoms with Gasteiger partial charge in [-0.05, 0) is 29.7 Å². The molecule has 1 aliphatic rings.